The molecule has 2 heterocycles. The van der Waals surface area contributed by atoms with Gasteiger partial charge in [0, 0.05) is 30.8 Å². The molecule has 2 rings (SSSR count). The van der Waals surface area contributed by atoms with Crippen LogP contribution >= 0.6 is 11.5 Å². The zero-order chi connectivity index (χ0) is 24.1. The van der Waals surface area contributed by atoms with E-state index in [-0.39, 0.29) is 23.4 Å². The number of aromatic nitrogens is 3. The fourth-order valence-corrected chi connectivity index (χ4v) is 3.77. The third-order valence-electron chi connectivity index (χ3n) is 4.55. The number of methoxy groups -OCH3 is 1. The number of esters is 1. The Morgan fingerprint density at radius 1 is 1.19 bits per heavy atom. The van der Waals surface area contributed by atoms with Gasteiger partial charge in [-0.2, -0.15) is 22.5 Å². The first kappa shape index (κ1) is 25.8. The number of alkyl halides is 3. The van der Waals surface area contributed by atoms with Gasteiger partial charge in [0.05, 0.1) is 19.2 Å². The standard InChI is InChI=1S/C21H30F3N5O2S/c1-12(2)10-29(11-13(3)4)18-16(26-20-27-19(28-32-20)21(22,23)24)8-15(9-25-18)14(5)7-17(30)31-6/h8-9,12-14H,7,10-11H2,1-6H3,(H,26,27,28). The van der Waals surface area contributed by atoms with E-state index in [0.29, 0.717) is 34.9 Å². The van der Waals surface area contributed by atoms with Gasteiger partial charge in [0.1, 0.15) is 0 Å². The number of carbonyl (C=O) groups is 1. The smallest absolute Gasteiger partial charge is 0.452 e. The Morgan fingerprint density at radius 2 is 1.81 bits per heavy atom. The lowest BCUT2D eigenvalue weighted by atomic mass is 9.99. The van der Waals surface area contributed by atoms with Crippen LogP contribution in [0.15, 0.2) is 12.3 Å². The van der Waals surface area contributed by atoms with E-state index < -0.39 is 12.0 Å². The zero-order valence-corrected chi connectivity index (χ0v) is 20.0. The number of rotatable bonds is 10. The molecule has 7 nitrogen and oxygen atoms in total. The minimum atomic E-state index is -4.62. The molecule has 0 aromatic carbocycles. The average molecular weight is 474 g/mol. The predicted molar refractivity (Wildman–Crippen MR) is 119 cm³/mol. The van der Waals surface area contributed by atoms with Crippen LogP contribution in [0.5, 0.6) is 0 Å². The van der Waals surface area contributed by atoms with Gasteiger partial charge in [-0.1, -0.05) is 34.6 Å². The van der Waals surface area contributed by atoms with Gasteiger partial charge in [-0.05, 0) is 29.4 Å². The fraction of sp³-hybridized carbons (Fsp3) is 0.619. The van der Waals surface area contributed by atoms with Gasteiger partial charge in [-0.3, -0.25) is 4.79 Å². The van der Waals surface area contributed by atoms with Crippen LogP contribution in [0.1, 0.15) is 58.3 Å². The van der Waals surface area contributed by atoms with Gasteiger partial charge in [0.25, 0.3) is 0 Å². The molecule has 0 aliphatic rings. The van der Waals surface area contributed by atoms with E-state index in [9.17, 15) is 18.0 Å². The summed E-state index contributed by atoms with van der Waals surface area (Å²) in [6.07, 6.45) is -2.76. The van der Waals surface area contributed by atoms with Gasteiger partial charge < -0.3 is 15.0 Å². The molecular weight excluding hydrogens is 443 g/mol. The first-order chi connectivity index (χ1) is 14.9. The Labute approximate surface area is 190 Å². The summed E-state index contributed by atoms with van der Waals surface area (Å²) < 4.78 is 47.0. The van der Waals surface area contributed by atoms with Crippen molar-refractivity contribution in [2.45, 2.75) is 53.1 Å². The van der Waals surface area contributed by atoms with Crippen molar-refractivity contribution in [1.82, 2.24) is 14.3 Å². The average Bonchev–Trinajstić information content (AvgIpc) is 3.15. The van der Waals surface area contributed by atoms with Crippen molar-refractivity contribution < 1.29 is 22.7 Å². The minimum Gasteiger partial charge on any atom is -0.469 e. The molecule has 1 unspecified atom stereocenters. The van der Waals surface area contributed by atoms with Crippen molar-refractivity contribution in [2.24, 2.45) is 11.8 Å². The molecule has 0 fully saturated rings. The second-order valence-electron chi connectivity index (χ2n) is 8.56. The molecule has 0 saturated carbocycles. The Balaban J connectivity index is 2.47. The highest BCUT2D eigenvalue weighted by Gasteiger charge is 2.36. The van der Waals surface area contributed by atoms with Crippen molar-refractivity contribution in [2.75, 3.05) is 30.4 Å². The molecule has 0 radical (unpaired) electrons. The molecule has 11 heteroatoms. The van der Waals surface area contributed by atoms with E-state index in [4.69, 9.17) is 4.74 Å². The summed E-state index contributed by atoms with van der Waals surface area (Å²) in [7, 11) is 1.33. The highest BCUT2D eigenvalue weighted by molar-refractivity contribution is 7.09. The van der Waals surface area contributed by atoms with E-state index in [1.165, 1.54) is 7.11 Å². The molecule has 32 heavy (non-hydrogen) atoms. The Kier molecular flexibility index (Phi) is 8.82. The highest BCUT2D eigenvalue weighted by atomic mass is 32.1. The van der Waals surface area contributed by atoms with Crippen molar-refractivity contribution in [3.63, 3.8) is 0 Å². The van der Waals surface area contributed by atoms with Crippen LogP contribution in [-0.2, 0) is 15.7 Å². The van der Waals surface area contributed by atoms with Crippen LogP contribution in [0.25, 0.3) is 0 Å². The molecular formula is C21H30F3N5O2S. The summed E-state index contributed by atoms with van der Waals surface area (Å²) in [6, 6.07) is 1.80. The van der Waals surface area contributed by atoms with E-state index in [1.54, 1.807) is 12.3 Å². The molecule has 0 saturated heterocycles. The Hall–Kier alpha value is -2.43. The van der Waals surface area contributed by atoms with Crippen LogP contribution in [-0.4, -0.2) is 40.5 Å². The molecule has 0 aliphatic heterocycles. The number of nitrogens with zero attached hydrogens (tertiary/aromatic N) is 4. The molecule has 0 aliphatic carbocycles. The lowest BCUT2D eigenvalue weighted by Gasteiger charge is -2.29. The van der Waals surface area contributed by atoms with Gasteiger partial charge in [0.15, 0.2) is 5.82 Å². The molecule has 2 aromatic rings. The third-order valence-corrected chi connectivity index (χ3v) is 5.18. The van der Waals surface area contributed by atoms with Crippen LogP contribution in [0.2, 0.25) is 0 Å². The minimum absolute atomic E-state index is 0.0205. The van der Waals surface area contributed by atoms with Gasteiger partial charge >= 0.3 is 12.1 Å². The summed E-state index contributed by atoms with van der Waals surface area (Å²) in [6.45, 7) is 11.7. The number of nitrogens with one attached hydrogen (secondary N) is 1. The maximum Gasteiger partial charge on any atom is 0.452 e. The van der Waals surface area contributed by atoms with E-state index in [2.05, 4.69) is 52.3 Å². The normalized spacial score (nSPS) is 12.8. The van der Waals surface area contributed by atoms with Crippen LogP contribution < -0.4 is 10.2 Å². The van der Waals surface area contributed by atoms with Crippen LogP contribution in [0.4, 0.5) is 29.8 Å². The lowest BCUT2D eigenvalue weighted by Crippen LogP contribution is -2.32. The molecule has 0 amide bonds. The molecule has 0 bridgehead atoms. The van der Waals surface area contributed by atoms with Crippen molar-refractivity contribution in [1.29, 1.82) is 0 Å². The maximum atomic E-state index is 12.9. The Bertz CT molecular complexity index is 892. The fourth-order valence-electron chi connectivity index (χ4n) is 3.17. The number of hydrogen-bond acceptors (Lipinski definition) is 8. The van der Waals surface area contributed by atoms with E-state index >= 15 is 0 Å². The number of carbonyl (C=O) groups excluding carboxylic acids is 1. The van der Waals surface area contributed by atoms with Crippen molar-refractivity contribution >= 4 is 34.1 Å². The Morgan fingerprint density at radius 3 is 2.31 bits per heavy atom. The third kappa shape index (κ3) is 7.32. The summed E-state index contributed by atoms with van der Waals surface area (Å²) in [5.74, 6) is -0.412. The highest BCUT2D eigenvalue weighted by Crippen LogP contribution is 2.34. The topological polar surface area (TPSA) is 80.2 Å². The van der Waals surface area contributed by atoms with Crippen LogP contribution in [0, 0.1) is 11.8 Å². The number of halogens is 3. The van der Waals surface area contributed by atoms with Gasteiger partial charge in [0.2, 0.25) is 11.0 Å². The summed E-state index contributed by atoms with van der Waals surface area (Å²) >= 11 is 0.635. The zero-order valence-electron chi connectivity index (χ0n) is 19.2. The largest absolute Gasteiger partial charge is 0.469 e. The molecule has 1 atom stereocenters. The number of ether oxygens (including phenoxy) is 1. The maximum absolute atomic E-state index is 12.9. The van der Waals surface area contributed by atoms with E-state index in [1.807, 2.05) is 6.92 Å². The lowest BCUT2D eigenvalue weighted by molar-refractivity contribution is -0.144. The first-order valence-corrected chi connectivity index (χ1v) is 11.2. The van der Waals surface area contributed by atoms with Crippen molar-refractivity contribution in [3.8, 4) is 0 Å². The van der Waals surface area contributed by atoms with Gasteiger partial charge in [-0.15, -0.1) is 0 Å². The van der Waals surface area contributed by atoms with E-state index in [0.717, 1.165) is 18.7 Å². The SMILES string of the molecule is COC(=O)CC(C)c1cnc(N(CC(C)C)CC(C)C)c(Nc2nc(C(F)(F)F)ns2)c1. The molecule has 178 valence electrons. The second kappa shape index (κ2) is 10.9. The predicted octanol–water partition coefficient (Wildman–Crippen LogP) is 5.48. The summed E-state index contributed by atoms with van der Waals surface area (Å²) in [4.78, 5) is 22.0. The summed E-state index contributed by atoms with van der Waals surface area (Å²) in [5.41, 5.74) is 1.28. The molecule has 2 aromatic heterocycles. The molecule has 0 spiro atoms. The monoisotopic (exact) mass is 473 g/mol. The van der Waals surface area contributed by atoms with Crippen LogP contribution in [0.3, 0.4) is 0 Å². The summed E-state index contributed by atoms with van der Waals surface area (Å²) in [5, 5.41) is 3.00. The quantitative estimate of drug-likeness (QED) is 0.458. The number of pyridine rings is 1. The number of anilines is 3. The number of hydrogen-bond donors (Lipinski definition) is 1. The second-order valence-corrected chi connectivity index (χ2v) is 9.31. The van der Waals surface area contributed by atoms with Gasteiger partial charge in [-0.25, -0.2) is 4.98 Å². The molecule has 1 N–H and O–H groups in total. The first-order valence-electron chi connectivity index (χ1n) is 10.4. The van der Waals surface area contributed by atoms with Crippen molar-refractivity contribution in [3.05, 3.63) is 23.7 Å².